The van der Waals surface area contributed by atoms with Crippen LogP contribution in [0.25, 0.3) is 6.08 Å². The zero-order chi connectivity index (χ0) is 19.8. The predicted octanol–water partition coefficient (Wildman–Crippen LogP) is 1.18. The Hall–Kier alpha value is -3.47. The molecule has 27 heavy (non-hydrogen) atoms. The Morgan fingerprint density at radius 3 is 2.37 bits per heavy atom. The number of hydrogen-bond acceptors (Lipinski definition) is 5. The lowest BCUT2D eigenvalue weighted by Gasteiger charge is -2.26. The molecule has 0 fully saturated rings. The zero-order valence-corrected chi connectivity index (χ0v) is 14.7. The Bertz CT molecular complexity index is 881. The van der Waals surface area contributed by atoms with Gasteiger partial charge in [0, 0.05) is 29.6 Å². The van der Waals surface area contributed by atoms with Gasteiger partial charge in [0.25, 0.3) is 5.91 Å². The molecule has 0 unspecified atom stereocenters. The highest BCUT2D eigenvalue weighted by Crippen LogP contribution is 2.11. The maximum absolute atomic E-state index is 12.3. The molecule has 2 rings (SSSR count). The van der Waals surface area contributed by atoms with Crippen molar-refractivity contribution in [1.29, 1.82) is 0 Å². The second-order valence-electron chi connectivity index (χ2n) is 5.82. The number of benzene rings is 1. The lowest BCUT2D eigenvalue weighted by Crippen LogP contribution is -2.54. The number of nitrogens with zero attached hydrogens (tertiary/aromatic N) is 2. The van der Waals surface area contributed by atoms with Gasteiger partial charge in [-0.2, -0.15) is 0 Å². The molecule has 5 N–H and O–H groups in total. The maximum atomic E-state index is 12.3. The van der Waals surface area contributed by atoms with Crippen LogP contribution >= 0.6 is 0 Å². The summed E-state index contributed by atoms with van der Waals surface area (Å²) in [5, 5.41) is 10.3. The van der Waals surface area contributed by atoms with Crippen LogP contribution in [0, 0.1) is 11.8 Å². The van der Waals surface area contributed by atoms with Gasteiger partial charge in [-0.05, 0) is 48.9 Å². The summed E-state index contributed by atoms with van der Waals surface area (Å²) >= 11 is 0. The van der Waals surface area contributed by atoms with Gasteiger partial charge < -0.3 is 11.5 Å². The first-order valence-corrected chi connectivity index (χ1v) is 8.15. The van der Waals surface area contributed by atoms with Crippen LogP contribution in [0.2, 0.25) is 0 Å². The summed E-state index contributed by atoms with van der Waals surface area (Å²) in [4.78, 5) is 27.6. The van der Waals surface area contributed by atoms with Crippen molar-refractivity contribution in [2.75, 3.05) is 0 Å². The van der Waals surface area contributed by atoms with Crippen molar-refractivity contribution in [3.63, 3.8) is 0 Å². The number of hydroxylamine groups is 2. The first kappa shape index (κ1) is 19.8. The molecule has 7 heteroatoms. The Kier molecular flexibility index (Phi) is 6.83. The number of hydrogen-bond donors (Lipinski definition) is 3. The van der Waals surface area contributed by atoms with Gasteiger partial charge in [-0.15, -0.1) is 0 Å². The second kappa shape index (κ2) is 9.29. The number of carbonyl (C=O) groups excluding carboxylic acids is 2. The minimum absolute atomic E-state index is 0.199. The normalized spacial score (nSPS) is 12.7. The molecule has 138 valence electrons. The summed E-state index contributed by atoms with van der Waals surface area (Å²) in [6, 6.07) is 7.94. The van der Waals surface area contributed by atoms with Gasteiger partial charge in [-0.25, -0.2) is 5.06 Å². The van der Waals surface area contributed by atoms with Crippen molar-refractivity contribution in [3.05, 3.63) is 71.6 Å². The molecule has 0 saturated heterocycles. The van der Waals surface area contributed by atoms with Crippen molar-refractivity contribution >= 4 is 17.9 Å². The molecule has 0 aliphatic carbocycles. The zero-order valence-electron chi connectivity index (χ0n) is 14.7. The van der Waals surface area contributed by atoms with E-state index in [4.69, 9.17) is 11.5 Å². The highest BCUT2D eigenvalue weighted by Gasteiger charge is 2.31. The molecule has 0 spiro atoms. The molecule has 1 aromatic carbocycles. The van der Waals surface area contributed by atoms with Gasteiger partial charge in [-0.1, -0.05) is 24.0 Å². The van der Waals surface area contributed by atoms with Crippen LogP contribution in [0.3, 0.4) is 0 Å². The van der Waals surface area contributed by atoms with Crippen LogP contribution in [0.15, 0.2) is 54.9 Å². The van der Waals surface area contributed by atoms with E-state index in [1.165, 1.54) is 19.1 Å². The smallest absolute Gasteiger partial charge is 0.278 e. The molecule has 0 radical (unpaired) electrons. The molecule has 0 bridgehead atoms. The van der Waals surface area contributed by atoms with E-state index in [1.807, 2.05) is 12.1 Å². The number of amides is 2. The van der Waals surface area contributed by atoms with E-state index in [0.29, 0.717) is 0 Å². The number of carbonyl (C=O) groups is 2. The van der Waals surface area contributed by atoms with Gasteiger partial charge in [0.1, 0.15) is 0 Å². The molecule has 0 saturated carbocycles. The van der Waals surface area contributed by atoms with Crippen LogP contribution in [-0.4, -0.2) is 39.2 Å². The van der Waals surface area contributed by atoms with Crippen molar-refractivity contribution < 1.29 is 14.8 Å². The van der Waals surface area contributed by atoms with E-state index in [0.717, 1.165) is 11.1 Å². The van der Waals surface area contributed by atoms with E-state index in [9.17, 15) is 14.8 Å². The Labute approximate surface area is 157 Å². The fourth-order valence-corrected chi connectivity index (χ4v) is 2.30. The molecule has 1 heterocycles. The van der Waals surface area contributed by atoms with E-state index in [1.54, 1.807) is 36.7 Å². The highest BCUT2D eigenvalue weighted by molar-refractivity contribution is 5.96. The average molecular weight is 364 g/mol. The number of allylic oxidation sites excluding steroid dienone is 1. The second-order valence-corrected chi connectivity index (χ2v) is 5.82. The quantitative estimate of drug-likeness (QED) is 0.418. The highest BCUT2D eigenvalue weighted by atomic mass is 16.5. The molecule has 2 amide bonds. The Morgan fingerprint density at radius 2 is 1.81 bits per heavy atom. The van der Waals surface area contributed by atoms with Crippen LogP contribution in [0.1, 0.15) is 28.4 Å². The number of nitrogens with two attached hydrogens (primary N) is 2. The van der Waals surface area contributed by atoms with Crippen LogP contribution in [0.4, 0.5) is 0 Å². The average Bonchev–Trinajstić information content (AvgIpc) is 2.65. The van der Waals surface area contributed by atoms with Gasteiger partial charge in [0.05, 0.1) is 0 Å². The minimum atomic E-state index is -1.31. The molecule has 2 atom stereocenters. The fourth-order valence-electron chi connectivity index (χ4n) is 2.30. The first-order chi connectivity index (χ1) is 12.9. The van der Waals surface area contributed by atoms with Crippen molar-refractivity contribution in [3.8, 4) is 11.8 Å². The van der Waals surface area contributed by atoms with E-state index < -0.39 is 23.9 Å². The van der Waals surface area contributed by atoms with Gasteiger partial charge in [-0.3, -0.25) is 19.8 Å². The van der Waals surface area contributed by atoms with Gasteiger partial charge in [0.2, 0.25) is 5.91 Å². The van der Waals surface area contributed by atoms with E-state index in [-0.39, 0.29) is 10.6 Å². The third kappa shape index (κ3) is 5.51. The summed E-state index contributed by atoms with van der Waals surface area (Å²) in [6.45, 7) is 1.48. The summed E-state index contributed by atoms with van der Waals surface area (Å²) in [5.41, 5.74) is 12.7. The fraction of sp³-hybridized carbons (Fsp3) is 0.150. The monoisotopic (exact) mass is 364 g/mol. The number of rotatable bonds is 5. The molecule has 0 aliphatic heterocycles. The minimum Gasteiger partial charge on any atom is -0.368 e. The van der Waals surface area contributed by atoms with Crippen molar-refractivity contribution in [2.24, 2.45) is 11.5 Å². The molecular formula is C20H20N4O3. The number of pyridine rings is 1. The standard InChI is InChI=1S/C20H20N4O3/c1-14(21)18(19(22)25)24(27)20(26)17-8-6-15(7-9-17)4-2-3-5-16-10-12-23-13-11-16/h2,4,6-14,18,27H,21H2,1H3,(H2,22,25)/t14-,18+/m1/s1. The first-order valence-electron chi connectivity index (χ1n) is 8.15. The molecule has 7 nitrogen and oxygen atoms in total. The summed E-state index contributed by atoms with van der Waals surface area (Å²) < 4.78 is 0. The van der Waals surface area contributed by atoms with Crippen LogP contribution in [-0.2, 0) is 4.79 Å². The predicted molar refractivity (Wildman–Crippen MR) is 101 cm³/mol. The summed E-state index contributed by atoms with van der Waals surface area (Å²) in [5.74, 6) is 4.23. The molecule has 2 aromatic rings. The molecular weight excluding hydrogens is 344 g/mol. The third-order valence-electron chi connectivity index (χ3n) is 3.67. The van der Waals surface area contributed by atoms with E-state index in [2.05, 4.69) is 16.8 Å². The van der Waals surface area contributed by atoms with Crippen molar-refractivity contribution in [1.82, 2.24) is 10.0 Å². The van der Waals surface area contributed by atoms with E-state index >= 15 is 0 Å². The number of primary amides is 1. The van der Waals surface area contributed by atoms with Crippen molar-refractivity contribution in [2.45, 2.75) is 19.0 Å². The van der Waals surface area contributed by atoms with Crippen LogP contribution in [0.5, 0.6) is 0 Å². The molecule has 0 aliphatic rings. The largest absolute Gasteiger partial charge is 0.368 e. The van der Waals surface area contributed by atoms with Crippen LogP contribution < -0.4 is 11.5 Å². The summed E-state index contributed by atoms with van der Waals surface area (Å²) in [6.07, 6.45) is 6.81. The van der Waals surface area contributed by atoms with Gasteiger partial charge in [0.15, 0.2) is 6.04 Å². The number of aromatic nitrogens is 1. The summed E-state index contributed by atoms with van der Waals surface area (Å²) in [7, 11) is 0. The lowest BCUT2D eigenvalue weighted by atomic mass is 10.1. The van der Waals surface area contributed by atoms with Gasteiger partial charge >= 0.3 is 0 Å². The lowest BCUT2D eigenvalue weighted by molar-refractivity contribution is -0.140. The SMILES string of the molecule is C[C@@H](N)[C@@H](C(N)=O)N(O)C(=O)c1ccc(C=CC#Cc2ccncc2)cc1. The topological polar surface area (TPSA) is 123 Å². The molecule has 1 aromatic heterocycles. The maximum Gasteiger partial charge on any atom is 0.278 e. The Morgan fingerprint density at radius 1 is 1.19 bits per heavy atom. The Balaban J connectivity index is 2.06. The third-order valence-corrected chi connectivity index (χ3v) is 3.67.